The molecule has 0 aromatic heterocycles. The maximum Gasteiger partial charge on any atom is 0.155 e. The van der Waals surface area contributed by atoms with Gasteiger partial charge in [-0.3, -0.25) is 0 Å². The van der Waals surface area contributed by atoms with Crippen LogP contribution in [0.2, 0.25) is 24.2 Å². The lowest BCUT2D eigenvalue weighted by Crippen LogP contribution is -2.39. The molecular formula is C11H24O2Si. The Kier molecular flexibility index (Phi) is 5.13. The van der Waals surface area contributed by atoms with E-state index in [4.69, 9.17) is 9.47 Å². The lowest BCUT2D eigenvalue weighted by Gasteiger charge is -2.33. The van der Waals surface area contributed by atoms with Crippen molar-refractivity contribution in [3.8, 4) is 0 Å². The summed E-state index contributed by atoms with van der Waals surface area (Å²) in [5.41, 5.74) is 0. The molecule has 3 heteroatoms. The fourth-order valence-corrected chi connectivity index (χ4v) is 5.50. The molecule has 0 unspecified atom stereocenters. The molecule has 0 bridgehead atoms. The monoisotopic (exact) mass is 216 g/mol. The molecule has 1 fully saturated rings. The van der Waals surface area contributed by atoms with Crippen LogP contribution in [0.4, 0.5) is 0 Å². The second-order valence-electron chi connectivity index (χ2n) is 4.29. The van der Waals surface area contributed by atoms with E-state index < -0.39 is 8.07 Å². The molecule has 0 aliphatic carbocycles. The first-order chi connectivity index (χ1) is 6.76. The van der Waals surface area contributed by atoms with Crippen LogP contribution in [-0.2, 0) is 9.47 Å². The molecule has 2 nitrogen and oxygen atoms in total. The molecule has 0 N–H and O–H groups in total. The summed E-state index contributed by atoms with van der Waals surface area (Å²) in [5.74, 6) is 0. The molecule has 0 radical (unpaired) electrons. The van der Waals surface area contributed by atoms with E-state index in [2.05, 4.69) is 20.8 Å². The number of ether oxygens (including phenoxy) is 2. The van der Waals surface area contributed by atoms with Gasteiger partial charge in [0.25, 0.3) is 0 Å². The van der Waals surface area contributed by atoms with E-state index in [0.29, 0.717) is 0 Å². The van der Waals surface area contributed by atoms with Gasteiger partial charge in [0.2, 0.25) is 0 Å². The number of rotatable bonds is 5. The summed E-state index contributed by atoms with van der Waals surface area (Å²) in [4.78, 5) is 0. The van der Waals surface area contributed by atoms with Crippen molar-refractivity contribution in [3.05, 3.63) is 0 Å². The Morgan fingerprint density at radius 1 is 1.00 bits per heavy atom. The Morgan fingerprint density at radius 3 is 1.93 bits per heavy atom. The van der Waals surface area contributed by atoms with Crippen LogP contribution in [0.25, 0.3) is 0 Å². The Morgan fingerprint density at radius 2 is 1.50 bits per heavy atom. The van der Waals surface area contributed by atoms with E-state index >= 15 is 0 Å². The molecule has 1 heterocycles. The molecule has 0 aromatic rings. The van der Waals surface area contributed by atoms with Crippen molar-refractivity contribution in [1.29, 1.82) is 0 Å². The van der Waals surface area contributed by atoms with Gasteiger partial charge in [-0.25, -0.2) is 0 Å². The van der Waals surface area contributed by atoms with Crippen LogP contribution in [-0.4, -0.2) is 27.6 Å². The van der Waals surface area contributed by atoms with Gasteiger partial charge in [0.05, 0.1) is 21.3 Å². The van der Waals surface area contributed by atoms with Crippen molar-refractivity contribution in [2.24, 2.45) is 0 Å². The van der Waals surface area contributed by atoms with E-state index in [9.17, 15) is 0 Å². The first-order valence-corrected chi connectivity index (χ1v) is 8.82. The lowest BCUT2D eigenvalue weighted by atomic mass is 10.4. The van der Waals surface area contributed by atoms with Gasteiger partial charge in [-0.15, -0.1) is 0 Å². The van der Waals surface area contributed by atoms with Crippen LogP contribution in [0, 0.1) is 0 Å². The summed E-state index contributed by atoms with van der Waals surface area (Å²) in [5, 5.41) is 0. The zero-order valence-electron chi connectivity index (χ0n) is 9.84. The largest absolute Gasteiger partial charge is 0.353 e. The Balaban J connectivity index is 2.44. The molecule has 0 saturated carbocycles. The quantitative estimate of drug-likeness (QED) is 0.657. The van der Waals surface area contributed by atoms with Crippen molar-refractivity contribution in [2.45, 2.75) is 57.7 Å². The predicted octanol–water partition coefficient (Wildman–Crippen LogP) is 3.26. The zero-order valence-corrected chi connectivity index (χ0v) is 10.8. The highest BCUT2D eigenvalue weighted by molar-refractivity contribution is 6.79. The Bertz CT molecular complexity index is 143. The van der Waals surface area contributed by atoms with Gasteiger partial charge in [-0.2, -0.15) is 0 Å². The van der Waals surface area contributed by atoms with Crippen LogP contribution < -0.4 is 0 Å². The second kappa shape index (κ2) is 5.88. The summed E-state index contributed by atoms with van der Waals surface area (Å²) in [6.45, 7) is 8.80. The van der Waals surface area contributed by atoms with Crippen molar-refractivity contribution >= 4 is 8.07 Å². The fourth-order valence-electron chi connectivity index (χ4n) is 2.19. The minimum Gasteiger partial charge on any atom is -0.353 e. The molecule has 0 amide bonds. The average Bonchev–Trinajstić information content (AvgIpc) is 2.28. The predicted molar refractivity (Wildman–Crippen MR) is 62.3 cm³/mol. The van der Waals surface area contributed by atoms with Crippen molar-refractivity contribution < 1.29 is 9.47 Å². The summed E-state index contributed by atoms with van der Waals surface area (Å²) < 4.78 is 11.3. The zero-order chi connectivity index (χ0) is 10.4. The maximum absolute atomic E-state index is 5.65. The molecule has 1 rings (SSSR count). The smallest absolute Gasteiger partial charge is 0.155 e. The van der Waals surface area contributed by atoms with Gasteiger partial charge in [0, 0.05) is 0 Å². The van der Waals surface area contributed by atoms with Gasteiger partial charge in [-0.1, -0.05) is 38.9 Å². The number of hydrogen-bond donors (Lipinski definition) is 0. The molecule has 1 aliphatic rings. The van der Waals surface area contributed by atoms with E-state index in [1.54, 1.807) is 0 Å². The van der Waals surface area contributed by atoms with Crippen LogP contribution in [0.5, 0.6) is 0 Å². The summed E-state index contributed by atoms with van der Waals surface area (Å²) in [6.07, 6.45) is 1.19. The minimum absolute atomic E-state index is 0.121. The van der Waals surface area contributed by atoms with Crippen LogP contribution >= 0.6 is 0 Å². The van der Waals surface area contributed by atoms with Gasteiger partial charge >= 0.3 is 0 Å². The molecule has 0 aromatic carbocycles. The molecule has 84 valence electrons. The van der Waals surface area contributed by atoms with Gasteiger partial charge < -0.3 is 9.47 Å². The van der Waals surface area contributed by atoms with Crippen LogP contribution in [0.3, 0.4) is 0 Å². The first kappa shape index (κ1) is 12.2. The van der Waals surface area contributed by atoms with Crippen molar-refractivity contribution in [1.82, 2.24) is 0 Å². The third kappa shape index (κ3) is 3.07. The second-order valence-corrected chi connectivity index (χ2v) is 9.82. The van der Waals surface area contributed by atoms with Crippen molar-refractivity contribution in [3.63, 3.8) is 0 Å². The van der Waals surface area contributed by atoms with E-state index in [1.165, 1.54) is 24.2 Å². The highest BCUT2D eigenvalue weighted by atomic mass is 28.3. The van der Waals surface area contributed by atoms with E-state index in [-0.39, 0.29) is 6.29 Å². The van der Waals surface area contributed by atoms with Crippen LogP contribution in [0.15, 0.2) is 0 Å². The molecule has 1 saturated heterocycles. The van der Waals surface area contributed by atoms with Crippen molar-refractivity contribution in [2.75, 3.05) is 13.2 Å². The molecule has 0 atom stereocenters. The van der Waals surface area contributed by atoms with E-state index in [1.807, 2.05) is 0 Å². The number of hydrogen-bond acceptors (Lipinski definition) is 2. The van der Waals surface area contributed by atoms with Crippen LogP contribution in [0.1, 0.15) is 27.2 Å². The van der Waals surface area contributed by atoms with Gasteiger partial charge in [-0.05, 0) is 12.5 Å². The van der Waals surface area contributed by atoms with E-state index in [0.717, 1.165) is 19.6 Å². The first-order valence-electron chi connectivity index (χ1n) is 5.99. The summed E-state index contributed by atoms with van der Waals surface area (Å²) >= 11 is 0. The minimum atomic E-state index is -1.05. The topological polar surface area (TPSA) is 18.5 Å². The normalized spacial score (nSPS) is 19.9. The molecule has 14 heavy (non-hydrogen) atoms. The maximum atomic E-state index is 5.65. The molecule has 0 spiro atoms. The molecule has 1 aliphatic heterocycles. The fraction of sp³-hybridized carbons (Fsp3) is 1.00. The Labute approximate surface area is 89.0 Å². The molecular weight excluding hydrogens is 192 g/mol. The third-order valence-electron chi connectivity index (χ3n) is 3.75. The van der Waals surface area contributed by atoms with Gasteiger partial charge in [0.1, 0.15) is 0 Å². The average molecular weight is 216 g/mol. The lowest BCUT2D eigenvalue weighted by molar-refractivity contribution is -0.167. The third-order valence-corrected chi connectivity index (χ3v) is 9.45. The SMILES string of the molecule is CC[Si](CC)(CC)CC1OCCCO1. The Hall–Kier alpha value is 0.137. The highest BCUT2D eigenvalue weighted by Gasteiger charge is 2.31. The summed E-state index contributed by atoms with van der Waals surface area (Å²) in [7, 11) is -1.05. The summed E-state index contributed by atoms with van der Waals surface area (Å²) in [6, 6.07) is 5.30. The standard InChI is InChI=1S/C11H24O2Si/c1-4-14(5-2,6-3)10-11-12-8-7-9-13-11/h11H,4-10H2,1-3H3. The van der Waals surface area contributed by atoms with Gasteiger partial charge in [0.15, 0.2) is 6.29 Å². The highest BCUT2D eigenvalue weighted by Crippen LogP contribution is 2.28.